The second kappa shape index (κ2) is 7.13. The van der Waals surface area contributed by atoms with Crippen LogP contribution in [0.5, 0.6) is 11.5 Å². The smallest absolute Gasteiger partial charge is 0.341 e. The number of rotatable bonds is 3. The minimum absolute atomic E-state index is 0.0538. The molecule has 30 heavy (non-hydrogen) atoms. The van der Waals surface area contributed by atoms with Gasteiger partial charge in [0, 0.05) is 18.5 Å². The van der Waals surface area contributed by atoms with Gasteiger partial charge in [-0.25, -0.2) is 9.18 Å². The summed E-state index contributed by atoms with van der Waals surface area (Å²) in [7, 11) is 3.77. The molecule has 6 heteroatoms. The first-order valence-electron chi connectivity index (χ1n) is 10.2. The third-order valence-corrected chi connectivity index (χ3v) is 6.48. The zero-order valence-corrected chi connectivity index (χ0v) is 17.1. The summed E-state index contributed by atoms with van der Waals surface area (Å²) >= 11 is 0. The molecule has 0 bridgehead atoms. The first kappa shape index (κ1) is 19.1. The van der Waals surface area contributed by atoms with Gasteiger partial charge in [0.2, 0.25) is 0 Å². The van der Waals surface area contributed by atoms with Gasteiger partial charge in [-0.15, -0.1) is 0 Å². The van der Waals surface area contributed by atoms with Crippen LogP contribution < -0.4 is 9.47 Å². The topological polar surface area (TPSA) is 48.0 Å². The van der Waals surface area contributed by atoms with Gasteiger partial charge in [0.15, 0.2) is 11.5 Å². The molecule has 2 aromatic rings. The molecule has 5 rings (SSSR count). The molecule has 0 saturated heterocycles. The van der Waals surface area contributed by atoms with Gasteiger partial charge >= 0.3 is 5.97 Å². The van der Waals surface area contributed by atoms with E-state index in [1.807, 2.05) is 12.1 Å². The monoisotopic (exact) mass is 409 g/mol. The maximum Gasteiger partial charge on any atom is 0.341 e. The molecule has 3 atom stereocenters. The Bertz CT molecular complexity index is 1040. The second-order valence-electron chi connectivity index (χ2n) is 8.28. The largest absolute Gasteiger partial charge is 0.493 e. The molecule has 1 aliphatic carbocycles. The molecular formula is C24H24FNO4. The number of hydrogen-bond acceptors (Lipinski definition) is 5. The van der Waals surface area contributed by atoms with E-state index < -0.39 is 17.9 Å². The Morgan fingerprint density at radius 3 is 2.90 bits per heavy atom. The second-order valence-corrected chi connectivity index (χ2v) is 8.28. The van der Waals surface area contributed by atoms with Gasteiger partial charge in [-0.3, -0.25) is 0 Å². The van der Waals surface area contributed by atoms with E-state index in [9.17, 15) is 9.18 Å². The highest BCUT2D eigenvalue weighted by atomic mass is 19.1. The number of carbonyl (C=O) groups is 1. The molecule has 0 fully saturated rings. The molecule has 0 amide bonds. The van der Waals surface area contributed by atoms with E-state index in [2.05, 4.69) is 24.1 Å². The van der Waals surface area contributed by atoms with Crippen molar-refractivity contribution in [3.8, 4) is 11.5 Å². The average Bonchev–Trinajstić information content (AvgIpc) is 3.00. The summed E-state index contributed by atoms with van der Waals surface area (Å²) in [5, 5.41) is 0. The van der Waals surface area contributed by atoms with E-state index >= 15 is 0 Å². The number of benzene rings is 2. The van der Waals surface area contributed by atoms with Crippen molar-refractivity contribution in [1.82, 2.24) is 4.90 Å². The number of esters is 1. The fraction of sp³-hybridized carbons (Fsp3) is 0.375. The molecule has 0 aromatic heterocycles. The molecule has 5 nitrogen and oxygen atoms in total. The van der Waals surface area contributed by atoms with Crippen LogP contribution in [0.4, 0.5) is 4.39 Å². The fourth-order valence-corrected chi connectivity index (χ4v) is 4.98. The number of halogens is 1. The Morgan fingerprint density at radius 2 is 2.10 bits per heavy atom. The van der Waals surface area contributed by atoms with Crippen LogP contribution in [0.1, 0.15) is 34.3 Å². The van der Waals surface area contributed by atoms with Crippen LogP contribution in [0.25, 0.3) is 0 Å². The summed E-state index contributed by atoms with van der Waals surface area (Å²) in [6.07, 6.45) is 4.84. The van der Waals surface area contributed by atoms with E-state index in [0.29, 0.717) is 6.42 Å². The van der Waals surface area contributed by atoms with Crippen molar-refractivity contribution in [2.24, 2.45) is 0 Å². The maximum atomic E-state index is 14.0. The third kappa shape index (κ3) is 2.89. The van der Waals surface area contributed by atoms with Gasteiger partial charge in [0.1, 0.15) is 18.0 Å². The summed E-state index contributed by atoms with van der Waals surface area (Å²) in [5.74, 6) is 0.277. The summed E-state index contributed by atoms with van der Waals surface area (Å²) in [6.45, 7) is 1.78. The van der Waals surface area contributed by atoms with Crippen LogP contribution in [-0.2, 0) is 16.7 Å². The zero-order valence-electron chi connectivity index (χ0n) is 17.1. The lowest BCUT2D eigenvalue weighted by Crippen LogP contribution is -2.43. The number of methoxy groups -OCH3 is 1. The molecule has 3 aliphatic rings. The van der Waals surface area contributed by atoms with Crippen LogP contribution in [0.15, 0.2) is 48.6 Å². The van der Waals surface area contributed by atoms with E-state index in [0.717, 1.165) is 31.0 Å². The molecule has 2 aliphatic heterocycles. The number of nitrogens with zero attached hydrogens (tertiary/aromatic N) is 1. The highest BCUT2D eigenvalue weighted by Crippen LogP contribution is 2.55. The van der Waals surface area contributed by atoms with Gasteiger partial charge in [-0.05, 0) is 49.9 Å². The standard InChI is InChI=1S/C24H24FNO4/c1-26-12-11-24-10-9-16(29-23(27)17-5-3-4-6-18(17)25)13-20(24)30-22-19(28-2)8-7-15(14-26)21(22)24/h3-10,16,20H,11-14H2,1-2H3/t16-,20-,24-/m0/s1. The number of hydrogen-bond donors (Lipinski definition) is 0. The molecule has 0 unspecified atom stereocenters. The summed E-state index contributed by atoms with van der Waals surface area (Å²) < 4.78 is 31.6. The molecule has 1 spiro atoms. The molecule has 2 aromatic carbocycles. The van der Waals surface area contributed by atoms with E-state index in [1.54, 1.807) is 19.2 Å². The Hall–Kier alpha value is -2.86. The molecule has 0 N–H and O–H groups in total. The normalized spacial score (nSPS) is 26.9. The minimum atomic E-state index is -0.659. The number of ether oxygens (including phenoxy) is 3. The van der Waals surface area contributed by atoms with Gasteiger partial charge in [0.05, 0.1) is 18.1 Å². The lowest BCUT2D eigenvalue weighted by atomic mass is 9.69. The molecule has 2 heterocycles. The van der Waals surface area contributed by atoms with Crippen molar-refractivity contribution < 1.29 is 23.4 Å². The highest BCUT2D eigenvalue weighted by molar-refractivity contribution is 5.89. The van der Waals surface area contributed by atoms with Crippen molar-refractivity contribution in [2.75, 3.05) is 20.7 Å². The quantitative estimate of drug-likeness (QED) is 0.569. The lowest BCUT2D eigenvalue weighted by molar-refractivity contribution is 0.0213. The highest BCUT2D eigenvalue weighted by Gasteiger charge is 2.53. The van der Waals surface area contributed by atoms with Crippen LogP contribution in [0.2, 0.25) is 0 Å². The van der Waals surface area contributed by atoms with Crippen molar-refractivity contribution in [1.29, 1.82) is 0 Å². The molecular weight excluding hydrogens is 385 g/mol. The predicted molar refractivity (Wildman–Crippen MR) is 109 cm³/mol. The maximum absolute atomic E-state index is 14.0. The SMILES string of the molecule is COc1ccc2c3c1O[C@H]1C[C@@H](OC(=O)c4ccccc4F)C=C[C@@]31CCN(C)C2. The molecule has 0 saturated carbocycles. The van der Waals surface area contributed by atoms with Crippen LogP contribution in [-0.4, -0.2) is 43.8 Å². The van der Waals surface area contributed by atoms with Crippen molar-refractivity contribution in [3.05, 3.63) is 71.1 Å². The van der Waals surface area contributed by atoms with E-state index in [4.69, 9.17) is 14.2 Å². The van der Waals surface area contributed by atoms with Crippen molar-refractivity contribution in [3.63, 3.8) is 0 Å². The Morgan fingerprint density at radius 1 is 1.27 bits per heavy atom. The summed E-state index contributed by atoms with van der Waals surface area (Å²) in [5.41, 5.74) is 2.10. The summed E-state index contributed by atoms with van der Waals surface area (Å²) in [6, 6.07) is 9.94. The number of carbonyl (C=O) groups excluding carboxylic acids is 1. The van der Waals surface area contributed by atoms with Crippen molar-refractivity contribution in [2.45, 2.75) is 37.0 Å². The summed E-state index contributed by atoms with van der Waals surface area (Å²) in [4.78, 5) is 14.8. The van der Waals surface area contributed by atoms with Gasteiger partial charge in [-0.2, -0.15) is 0 Å². The Kier molecular flexibility index (Phi) is 4.54. The fourth-order valence-electron chi connectivity index (χ4n) is 4.98. The average molecular weight is 409 g/mol. The third-order valence-electron chi connectivity index (χ3n) is 6.48. The first-order valence-corrected chi connectivity index (χ1v) is 10.2. The van der Waals surface area contributed by atoms with Crippen molar-refractivity contribution >= 4 is 5.97 Å². The molecule has 0 radical (unpaired) electrons. The van der Waals surface area contributed by atoms with Gasteiger partial charge < -0.3 is 19.1 Å². The van der Waals surface area contributed by atoms with Gasteiger partial charge in [0.25, 0.3) is 0 Å². The van der Waals surface area contributed by atoms with E-state index in [-0.39, 0.29) is 17.1 Å². The van der Waals surface area contributed by atoms with Crippen LogP contribution in [0, 0.1) is 5.82 Å². The van der Waals surface area contributed by atoms with Crippen LogP contribution in [0.3, 0.4) is 0 Å². The van der Waals surface area contributed by atoms with E-state index in [1.165, 1.54) is 23.3 Å². The Balaban J connectivity index is 1.47. The zero-order chi connectivity index (χ0) is 20.9. The predicted octanol–water partition coefficient (Wildman–Crippen LogP) is 3.85. The Labute approximate surface area is 175 Å². The molecule has 156 valence electrons. The lowest BCUT2D eigenvalue weighted by Gasteiger charge is -2.36. The first-order chi connectivity index (χ1) is 14.5. The van der Waals surface area contributed by atoms with Gasteiger partial charge in [-0.1, -0.05) is 24.3 Å². The minimum Gasteiger partial charge on any atom is -0.493 e. The van der Waals surface area contributed by atoms with Crippen LogP contribution >= 0.6 is 0 Å².